The van der Waals surface area contributed by atoms with Crippen LogP contribution in [0.25, 0.3) is 0 Å². The fraction of sp³-hybridized carbons (Fsp3) is 0.773. The first-order valence-corrected chi connectivity index (χ1v) is 33.0. The van der Waals surface area contributed by atoms with Crippen molar-refractivity contribution in [3.05, 3.63) is 85.1 Å². The third kappa shape index (κ3) is 59.2. The number of nitrogens with zero attached hydrogens (tertiary/aromatic N) is 1. The first-order chi connectivity index (χ1) is 36.5. The van der Waals surface area contributed by atoms with Gasteiger partial charge in [-0.25, -0.2) is 4.57 Å². The summed E-state index contributed by atoms with van der Waals surface area (Å²) in [5.41, 5.74) is 0. The number of aliphatic hydroxyl groups is 1. The maximum absolute atomic E-state index is 13.0. The van der Waals surface area contributed by atoms with Crippen molar-refractivity contribution < 1.29 is 32.9 Å². The zero-order valence-corrected chi connectivity index (χ0v) is 50.7. The summed E-state index contributed by atoms with van der Waals surface area (Å²) in [6.45, 7) is 4.70. The smallest absolute Gasteiger partial charge is 0.387 e. The van der Waals surface area contributed by atoms with Crippen molar-refractivity contribution in [2.24, 2.45) is 0 Å². The first-order valence-electron chi connectivity index (χ1n) is 31.5. The molecule has 9 heteroatoms. The Morgan fingerprint density at radius 2 is 0.800 bits per heavy atom. The predicted octanol–water partition coefficient (Wildman–Crippen LogP) is 19.6. The van der Waals surface area contributed by atoms with E-state index in [2.05, 4.69) is 92.1 Å². The zero-order chi connectivity index (χ0) is 54.9. The number of amides is 1. The summed E-state index contributed by atoms with van der Waals surface area (Å²) in [7, 11) is 1.58. The van der Waals surface area contributed by atoms with E-state index in [1.54, 1.807) is 6.08 Å². The number of phosphoric ester groups is 1. The van der Waals surface area contributed by atoms with Crippen LogP contribution in [0.5, 0.6) is 0 Å². The summed E-state index contributed by atoms with van der Waals surface area (Å²) < 4.78 is 23.7. The molecule has 1 amide bonds. The quantitative estimate of drug-likeness (QED) is 0.0243. The number of aliphatic hydroxyl groups excluding tert-OH is 1. The van der Waals surface area contributed by atoms with Gasteiger partial charge in [0.05, 0.1) is 39.9 Å². The number of carbonyl (C=O) groups is 1. The standard InChI is InChI=1S/C66H121N2O6P/c1-6-8-10-12-14-16-18-20-21-22-23-24-25-26-27-28-29-30-31-32-33-34-35-36-37-38-39-40-41-42-43-44-45-46-47-48-50-52-54-56-58-60-66(70)67-64(63-74-75(71,72)73-62-61-68(3,4)5)65(69)59-57-55-53-51-49-19-17-15-13-11-9-7-2/h8,10,14,16,20-21,23-24,26-27,29-30,57,59,64-65,69H,6-7,9,11-13,15,17-19,22,25,28,31-56,58,60-63H2,1-5H3,(H-,67,70,71,72)/p+1/b10-8-,16-14-,21-20-,24-23-,27-26-,30-29-,59-57+. The van der Waals surface area contributed by atoms with Gasteiger partial charge in [0, 0.05) is 6.42 Å². The number of rotatable bonds is 57. The second-order valence-corrected chi connectivity index (χ2v) is 23.9. The van der Waals surface area contributed by atoms with Gasteiger partial charge >= 0.3 is 7.82 Å². The molecule has 436 valence electrons. The predicted molar refractivity (Wildman–Crippen MR) is 327 cm³/mol. The second kappa shape index (κ2) is 56.4. The highest BCUT2D eigenvalue weighted by Gasteiger charge is 2.27. The van der Waals surface area contributed by atoms with Crippen LogP contribution in [0, 0.1) is 0 Å². The topological polar surface area (TPSA) is 105 Å². The van der Waals surface area contributed by atoms with E-state index in [1.807, 2.05) is 27.2 Å². The van der Waals surface area contributed by atoms with Gasteiger partial charge in [-0.05, 0) is 70.6 Å². The number of unbranched alkanes of at least 4 members (excludes halogenated alkanes) is 32. The lowest BCUT2D eigenvalue weighted by atomic mass is 10.0. The molecule has 0 bridgehead atoms. The van der Waals surface area contributed by atoms with Crippen molar-refractivity contribution in [1.82, 2.24) is 5.32 Å². The van der Waals surface area contributed by atoms with Crippen molar-refractivity contribution in [2.75, 3.05) is 40.9 Å². The molecule has 0 saturated heterocycles. The van der Waals surface area contributed by atoms with Gasteiger partial charge in [0.2, 0.25) is 5.91 Å². The van der Waals surface area contributed by atoms with Crippen LogP contribution in [0.1, 0.15) is 277 Å². The monoisotopic (exact) mass is 1070 g/mol. The molecule has 0 spiro atoms. The van der Waals surface area contributed by atoms with E-state index < -0.39 is 20.0 Å². The van der Waals surface area contributed by atoms with Crippen LogP contribution in [0.3, 0.4) is 0 Å². The van der Waals surface area contributed by atoms with E-state index in [0.717, 1.165) is 77.0 Å². The van der Waals surface area contributed by atoms with Crippen LogP contribution in [-0.2, 0) is 18.4 Å². The van der Waals surface area contributed by atoms with Crippen molar-refractivity contribution in [1.29, 1.82) is 0 Å². The van der Waals surface area contributed by atoms with Crippen LogP contribution >= 0.6 is 7.82 Å². The number of carbonyl (C=O) groups excluding carboxylic acids is 1. The summed E-state index contributed by atoms with van der Waals surface area (Å²) in [5.74, 6) is -0.176. The Balaban J connectivity index is 3.88. The van der Waals surface area contributed by atoms with E-state index in [9.17, 15) is 19.4 Å². The molecule has 0 fully saturated rings. The minimum atomic E-state index is -4.34. The number of quaternary nitrogens is 1. The first kappa shape index (κ1) is 72.7. The normalized spacial score (nSPS) is 14.4. The Kier molecular flexibility index (Phi) is 54.7. The molecular weight excluding hydrogens is 948 g/mol. The molecule has 0 rings (SSSR count). The summed E-state index contributed by atoms with van der Waals surface area (Å²) in [4.78, 5) is 23.3. The molecule has 0 aliphatic rings. The summed E-state index contributed by atoms with van der Waals surface area (Å²) in [5, 5.41) is 13.9. The molecule has 0 aromatic heterocycles. The Morgan fingerprint density at radius 1 is 0.467 bits per heavy atom. The SMILES string of the molecule is CC/C=C\C/C=C\C/C=C\C/C=C\C/C=C\C/C=C\CCCCCCCCCCCCCCCCCCCCCCCCC(=O)NC(COP(=O)(O)OCC[N+](C)(C)C)C(O)/C=C/CCCCCCCCCCCC. The Bertz CT molecular complexity index is 1500. The molecule has 0 aliphatic heterocycles. The Hall–Kier alpha value is -2.32. The van der Waals surface area contributed by atoms with Crippen LogP contribution in [0.2, 0.25) is 0 Å². The van der Waals surface area contributed by atoms with Gasteiger partial charge in [0.15, 0.2) is 0 Å². The van der Waals surface area contributed by atoms with Gasteiger partial charge in [-0.1, -0.05) is 285 Å². The molecule has 8 nitrogen and oxygen atoms in total. The molecule has 0 aliphatic carbocycles. The van der Waals surface area contributed by atoms with E-state index in [4.69, 9.17) is 9.05 Å². The van der Waals surface area contributed by atoms with Gasteiger partial charge in [0.1, 0.15) is 13.2 Å². The number of hydrogen-bond acceptors (Lipinski definition) is 5. The Labute approximate surface area is 465 Å². The van der Waals surface area contributed by atoms with Crippen molar-refractivity contribution in [3.8, 4) is 0 Å². The van der Waals surface area contributed by atoms with Crippen LogP contribution in [0.4, 0.5) is 0 Å². The number of allylic oxidation sites excluding steroid dienone is 13. The lowest BCUT2D eigenvalue weighted by Crippen LogP contribution is -2.45. The number of phosphoric acid groups is 1. The molecule has 0 heterocycles. The minimum absolute atomic E-state index is 0.0612. The van der Waals surface area contributed by atoms with Crippen molar-refractivity contribution in [2.45, 2.75) is 289 Å². The van der Waals surface area contributed by atoms with Crippen LogP contribution in [-0.4, -0.2) is 73.4 Å². The summed E-state index contributed by atoms with van der Waals surface area (Å²) in [6, 6.07) is -0.846. The molecule has 0 radical (unpaired) electrons. The maximum atomic E-state index is 13.0. The largest absolute Gasteiger partial charge is 0.472 e. The Morgan fingerprint density at radius 3 is 1.17 bits per heavy atom. The van der Waals surface area contributed by atoms with Crippen molar-refractivity contribution >= 4 is 13.7 Å². The minimum Gasteiger partial charge on any atom is -0.387 e. The fourth-order valence-corrected chi connectivity index (χ4v) is 9.72. The van der Waals surface area contributed by atoms with Gasteiger partial charge < -0.3 is 19.8 Å². The van der Waals surface area contributed by atoms with Crippen LogP contribution in [0.15, 0.2) is 85.1 Å². The van der Waals surface area contributed by atoms with E-state index in [0.29, 0.717) is 17.4 Å². The molecule has 0 saturated carbocycles. The average Bonchev–Trinajstić information content (AvgIpc) is 3.37. The van der Waals surface area contributed by atoms with Crippen molar-refractivity contribution in [3.63, 3.8) is 0 Å². The number of likely N-dealkylation sites (N-methyl/N-ethyl adjacent to an activating group) is 1. The van der Waals surface area contributed by atoms with Gasteiger partial charge in [-0.2, -0.15) is 0 Å². The van der Waals surface area contributed by atoms with Gasteiger partial charge in [0.25, 0.3) is 0 Å². The molecule has 3 unspecified atom stereocenters. The molecule has 3 atom stereocenters. The third-order valence-electron chi connectivity index (χ3n) is 13.9. The second-order valence-electron chi connectivity index (χ2n) is 22.4. The van der Waals surface area contributed by atoms with E-state index >= 15 is 0 Å². The third-order valence-corrected chi connectivity index (χ3v) is 14.9. The number of nitrogens with one attached hydrogen (secondary N) is 1. The van der Waals surface area contributed by atoms with Gasteiger partial charge in [-0.15, -0.1) is 0 Å². The maximum Gasteiger partial charge on any atom is 0.472 e. The number of hydrogen-bond donors (Lipinski definition) is 3. The highest BCUT2D eigenvalue weighted by Crippen LogP contribution is 2.43. The summed E-state index contributed by atoms with van der Waals surface area (Å²) >= 11 is 0. The fourth-order valence-electron chi connectivity index (χ4n) is 8.99. The summed E-state index contributed by atoms with van der Waals surface area (Å²) in [6.07, 6.45) is 80.1. The van der Waals surface area contributed by atoms with Crippen LogP contribution < -0.4 is 5.32 Å². The highest BCUT2D eigenvalue weighted by molar-refractivity contribution is 7.47. The molecular formula is C66H122N2O6P+. The van der Waals surface area contributed by atoms with E-state index in [1.165, 1.54) is 180 Å². The van der Waals surface area contributed by atoms with Gasteiger partial charge in [-0.3, -0.25) is 13.8 Å². The molecule has 0 aromatic carbocycles. The van der Waals surface area contributed by atoms with E-state index in [-0.39, 0.29) is 19.1 Å². The average molecular weight is 1070 g/mol. The molecule has 0 aromatic rings. The molecule has 75 heavy (non-hydrogen) atoms. The lowest BCUT2D eigenvalue weighted by Gasteiger charge is -2.25. The molecule has 3 N–H and O–H groups in total. The highest BCUT2D eigenvalue weighted by atomic mass is 31.2. The lowest BCUT2D eigenvalue weighted by molar-refractivity contribution is -0.870. The zero-order valence-electron chi connectivity index (χ0n) is 49.8.